The van der Waals surface area contributed by atoms with E-state index < -0.39 is 0 Å². The first-order valence-corrected chi connectivity index (χ1v) is 21.5. The van der Waals surface area contributed by atoms with E-state index in [9.17, 15) is 9.59 Å². The molecule has 4 atom stereocenters. The van der Waals surface area contributed by atoms with Crippen molar-refractivity contribution in [1.82, 2.24) is 21.3 Å². The smallest absolute Gasteiger partial charge is 0.220 e. The highest BCUT2D eigenvalue weighted by molar-refractivity contribution is 6.32. The van der Waals surface area contributed by atoms with Crippen molar-refractivity contribution in [2.45, 2.75) is 103 Å². The van der Waals surface area contributed by atoms with E-state index in [1.54, 1.807) is 0 Å². The minimum absolute atomic E-state index is 0.101. The predicted molar refractivity (Wildman–Crippen MR) is 226 cm³/mol. The molecule has 0 aromatic heterocycles. The van der Waals surface area contributed by atoms with Gasteiger partial charge in [0.25, 0.3) is 0 Å². The molecule has 2 fully saturated rings. The van der Waals surface area contributed by atoms with Gasteiger partial charge in [0.15, 0.2) is 0 Å². The number of hydrogen-bond donors (Lipinski definition) is 4. The second-order valence-corrected chi connectivity index (χ2v) is 16.3. The van der Waals surface area contributed by atoms with Gasteiger partial charge in [-0.15, -0.1) is 0 Å². The topological polar surface area (TPSA) is 119 Å². The quantitative estimate of drug-likeness (QED) is 0.0946. The van der Waals surface area contributed by atoms with Crippen molar-refractivity contribution in [3.8, 4) is 34.1 Å². The minimum Gasteiger partial charge on any atom is -0.493 e. The van der Waals surface area contributed by atoms with Crippen LogP contribution in [0.4, 0.5) is 0 Å². The van der Waals surface area contributed by atoms with Gasteiger partial charge in [-0.05, 0) is 97.9 Å². The molecular formula is C46H52Cl2N4O6. The molecule has 2 aliphatic carbocycles. The Morgan fingerprint density at radius 3 is 1.45 bits per heavy atom. The maximum atomic E-state index is 11.6. The van der Waals surface area contributed by atoms with Crippen LogP contribution in [-0.4, -0.2) is 50.2 Å². The summed E-state index contributed by atoms with van der Waals surface area (Å²) >= 11 is 13.8. The van der Waals surface area contributed by atoms with Crippen LogP contribution in [-0.2, 0) is 35.5 Å². The van der Waals surface area contributed by atoms with Crippen LogP contribution in [0.5, 0.6) is 23.0 Å². The Bertz CT molecular complexity index is 1990. The van der Waals surface area contributed by atoms with Gasteiger partial charge in [0.2, 0.25) is 11.8 Å². The zero-order chi connectivity index (χ0) is 40.2. The van der Waals surface area contributed by atoms with Gasteiger partial charge in [-0.1, -0.05) is 59.6 Å². The number of hydrogen-bond acceptors (Lipinski definition) is 8. The first kappa shape index (κ1) is 40.3. The lowest BCUT2D eigenvalue weighted by atomic mass is 9.91. The molecule has 306 valence electrons. The van der Waals surface area contributed by atoms with Crippen molar-refractivity contribution in [1.29, 1.82) is 0 Å². The second-order valence-electron chi connectivity index (χ2n) is 15.5. The third-order valence-corrected chi connectivity index (χ3v) is 12.4. The van der Waals surface area contributed by atoms with E-state index in [2.05, 4.69) is 57.7 Å². The maximum absolute atomic E-state index is 11.6. The molecule has 0 bridgehead atoms. The summed E-state index contributed by atoms with van der Waals surface area (Å²) in [4.78, 5) is 23.2. The average Bonchev–Trinajstić information content (AvgIpc) is 3.84. The Kier molecular flexibility index (Phi) is 12.6. The Morgan fingerprint density at radius 2 is 1.05 bits per heavy atom. The van der Waals surface area contributed by atoms with Crippen molar-refractivity contribution in [3.63, 3.8) is 0 Å². The summed E-state index contributed by atoms with van der Waals surface area (Å²) in [7, 11) is 0. The molecule has 0 radical (unpaired) electrons. The van der Waals surface area contributed by atoms with Gasteiger partial charge in [-0.25, -0.2) is 0 Å². The summed E-state index contributed by atoms with van der Waals surface area (Å²) in [5.74, 6) is 2.91. The molecule has 2 amide bonds. The third kappa shape index (κ3) is 8.90. The number of fused-ring (bicyclic) bond motifs is 2. The number of amides is 2. The molecule has 4 N–H and O–H groups in total. The lowest BCUT2D eigenvalue weighted by Crippen LogP contribution is -2.45. The highest BCUT2D eigenvalue weighted by Crippen LogP contribution is 2.47. The molecule has 0 unspecified atom stereocenters. The largest absolute Gasteiger partial charge is 0.493 e. The molecule has 58 heavy (non-hydrogen) atoms. The van der Waals surface area contributed by atoms with Crippen molar-refractivity contribution in [2.75, 3.05) is 26.3 Å². The Hall–Kier alpha value is -4.48. The average molecular weight is 828 g/mol. The van der Waals surface area contributed by atoms with Crippen LogP contribution in [0.15, 0.2) is 60.7 Å². The molecule has 0 spiro atoms. The normalized spacial score (nSPS) is 21.2. The van der Waals surface area contributed by atoms with E-state index in [0.29, 0.717) is 73.8 Å². The minimum atomic E-state index is -0.145. The Morgan fingerprint density at radius 1 is 0.603 bits per heavy atom. The van der Waals surface area contributed by atoms with Gasteiger partial charge in [0.05, 0.1) is 23.3 Å². The van der Waals surface area contributed by atoms with E-state index in [0.717, 1.165) is 61.2 Å². The summed E-state index contributed by atoms with van der Waals surface area (Å²) in [5.41, 5.74) is 9.34. The molecule has 4 aromatic carbocycles. The van der Waals surface area contributed by atoms with E-state index in [1.165, 1.54) is 33.4 Å². The van der Waals surface area contributed by atoms with E-state index >= 15 is 0 Å². The fourth-order valence-electron chi connectivity index (χ4n) is 8.80. The SMILES string of the molecule is CCOc1cc(O[C@H]2CCc3c(-c4cccc5c4CC[C@@H]5Oc4cc(OCC)c(CN[C@H]5CCC(=O)NC5)cc4Cl)cccc32)c(Cl)cc1CN[C@H]1CCC(=O)NC1. The van der Waals surface area contributed by atoms with Crippen LogP contribution in [0, 0.1) is 0 Å². The summed E-state index contributed by atoms with van der Waals surface area (Å²) < 4.78 is 25.5. The summed E-state index contributed by atoms with van der Waals surface area (Å²) in [6.45, 7) is 7.37. The van der Waals surface area contributed by atoms with E-state index in [-0.39, 0.29) is 36.1 Å². The number of piperidine rings is 2. The fourth-order valence-corrected chi connectivity index (χ4v) is 9.26. The fraction of sp³-hybridized carbons (Fsp3) is 0.435. The van der Waals surface area contributed by atoms with Gasteiger partial charge in [-0.3, -0.25) is 9.59 Å². The molecule has 4 aromatic rings. The number of carbonyl (C=O) groups is 2. The standard InChI is InChI=1S/C46H52Cl2N4O6/c1-3-55-41-21-43(37(47)19-27(41)23-49-29-11-17-45(53)51-25-29)57-39-15-13-33-31(7-5-9-35(33)39)32-8-6-10-36-34(32)14-16-40(36)58-44-22-42(56-4-2)28(20-38(44)48)24-50-30-12-18-46(54)52-26-30/h5-10,19-22,29-30,39-40,49-50H,3-4,11-18,23-26H2,1-2H3,(H,51,53)(H,52,54)/t29-,30-,39-,40-/m0/s1. The molecule has 8 rings (SSSR count). The van der Waals surface area contributed by atoms with Crippen LogP contribution in [0.2, 0.25) is 10.0 Å². The first-order chi connectivity index (χ1) is 28.3. The number of benzene rings is 4. The van der Waals surface area contributed by atoms with E-state index in [1.807, 2.05) is 38.1 Å². The van der Waals surface area contributed by atoms with E-state index in [4.69, 9.17) is 42.1 Å². The van der Waals surface area contributed by atoms with Crippen LogP contribution in [0.3, 0.4) is 0 Å². The lowest BCUT2D eigenvalue weighted by Gasteiger charge is -2.24. The summed E-state index contributed by atoms with van der Waals surface area (Å²) in [5, 5.41) is 14.0. The number of nitrogens with one attached hydrogen (secondary N) is 4. The molecular weight excluding hydrogens is 775 g/mol. The van der Waals surface area contributed by atoms with Crippen molar-refractivity contribution in [2.24, 2.45) is 0 Å². The molecule has 2 heterocycles. The first-order valence-electron chi connectivity index (χ1n) is 20.8. The molecule has 2 aliphatic heterocycles. The number of carbonyl (C=O) groups excluding carboxylic acids is 2. The van der Waals surface area contributed by atoms with Gasteiger partial charge >= 0.3 is 0 Å². The number of ether oxygens (including phenoxy) is 4. The van der Waals surface area contributed by atoms with Crippen molar-refractivity contribution in [3.05, 3.63) is 104 Å². The van der Waals surface area contributed by atoms with Gasteiger partial charge < -0.3 is 40.2 Å². The maximum Gasteiger partial charge on any atom is 0.220 e. The predicted octanol–water partition coefficient (Wildman–Crippen LogP) is 8.33. The number of halogens is 2. The third-order valence-electron chi connectivity index (χ3n) is 11.8. The highest BCUT2D eigenvalue weighted by atomic mass is 35.5. The summed E-state index contributed by atoms with van der Waals surface area (Å²) in [6, 6.07) is 21.2. The number of rotatable bonds is 15. The Labute approximate surface area is 350 Å². The lowest BCUT2D eigenvalue weighted by molar-refractivity contribution is -0.123. The molecule has 0 saturated carbocycles. The van der Waals surface area contributed by atoms with Crippen LogP contribution < -0.4 is 40.2 Å². The summed E-state index contributed by atoms with van der Waals surface area (Å²) in [6.07, 6.45) is 5.84. The zero-order valence-corrected chi connectivity index (χ0v) is 34.7. The second kappa shape index (κ2) is 18.2. The zero-order valence-electron chi connectivity index (χ0n) is 33.2. The van der Waals surface area contributed by atoms with Gasteiger partial charge in [0.1, 0.15) is 35.2 Å². The molecule has 12 heteroatoms. The van der Waals surface area contributed by atoms with Crippen molar-refractivity contribution >= 4 is 35.0 Å². The van der Waals surface area contributed by atoms with Gasteiger partial charge in [0, 0.05) is 74.4 Å². The van der Waals surface area contributed by atoms with Crippen LogP contribution >= 0.6 is 23.2 Å². The van der Waals surface area contributed by atoms with Crippen LogP contribution in [0.1, 0.15) is 98.0 Å². The highest BCUT2D eigenvalue weighted by Gasteiger charge is 2.32. The van der Waals surface area contributed by atoms with Gasteiger partial charge in [-0.2, -0.15) is 0 Å². The molecule has 2 saturated heterocycles. The monoisotopic (exact) mass is 826 g/mol. The molecule has 10 nitrogen and oxygen atoms in total. The van der Waals surface area contributed by atoms with Crippen molar-refractivity contribution < 1.29 is 28.5 Å². The molecule has 4 aliphatic rings. The Balaban J connectivity index is 0.976. The van der Waals surface area contributed by atoms with Crippen LogP contribution in [0.25, 0.3) is 11.1 Å².